The van der Waals surface area contributed by atoms with Gasteiger partial charge < -0.3 is 10.5 Å². The van der Waals surface area contributed by atoms with E-state index in [1.165, 1.54) is 11.1 Å². The predicted molar refractivity (Wildman–Crippen MR) is 85.5 cm³/mol. The number of ether oxygens (including phenoxy) is 1. The van der Waals surface area contributed by atoms with E-state index in [-0.39, 0.29) is 5.41 Å². The normalized spacial score (nSPS) is 11.4. The Hall–Kier alpha value is -1.96. The number of nitrogen functional groups attached to an aromatic ring is 1. The maximum absolute atomic E-state index is 6.10. The van der Waals surface area contributed by atoms with Crippen LogP contribution in [0.4, 0.5) is 5.69 Å². The molecule has 0 heterocycles. The van der Waals surface area contributed by atoms with Crippen LogP contribution in [0.2, 0.25) is 0 Å². The molecule has 0 radical (unpaired) electrons. The van der Waals surface area contributed by atoms with Crippen LogP contribution in [0, 0.1) is 13.8 Å². The van der Waals surface area contributed by atoms with Crippen LogP contribution >= 0.6 is 0 Å². The van der Waals surface area contributed by atoms with Crippen molar-refractivity contribution in [3.8, 4) is 11.5 Å². The molecular weight excluding hydrogens is 246 g/mol. The lowest BCUT2D eigenvalue weighted by Crippen LogP contribution is -2.12. The lowest BCUT2D eigenvalue weighted by molar-refractivity contribution is 0.456. The standard InChI is InChI=1S/C18H23NO/c1-12-6-8-14(18(3,4)5)16(10-12)20-17-11-13(2)7-9-15(17)19/h6-11H,19H2,1-5H3. The summed E-state index contributed by atoms with van der Waals surface area (Å²) in [5.74, 6) is 1.61. The molecule has 0 saturated heterocycles. The van der Waals surface area contributed by atoms with Crippen molar-refractivity contribution >= 4 is 5.69 Å². The summed E-state index contributed by atoms with van der Waals surface area (Å²) >= 11 is 0. The van der Waals surface area contributed by atoms with Gasteiger partial charge in [0.05, 0.1) is 5.69 Å². The molecule has 20 heavy (non-hydrogen) atoms. The van der Waals surface area contributed by atoms with E-state index in [0.29, 0.717) is 5.69 Å². The molecule has 2 N–H and O–H groups in total. The van der Waals surface area contributed by atoms with Crippen molar-refractivity contribution in [2.45, 2.75) is 40.0 Å². The summed E-state index contributed by atoms with van der Waals surface area (Å²) in [5.41, 5.74) is 10.2. The number of hydrogen-bond donors (Lipinski definition) is 1. The Morgan fingerprint density at radius 3 is 2.00 bits per heavy atom. The van der Waals surface area contributed by atoms with E-state index >= 15 is 0 Å². The molecule has 2 nitrogen and oxygen atoms in total. The van der Waals surface area contributed by atoms with Crippen molar-refractivity contribution in [1.29, 1.82) is 0 Å². The summed E-state index contributed by atoms with van der Waals surface area (Å²) in [6.45, 7) is 10.7. The Morgan fingerprint density at radius 2 is 1.40 bits per heavy atom. The summed E-state index contributed by atoms with van der Waals surface area (Å²) < 4.78 is 6.10. The molecule has 0 atom stereocenters. The first kappa shape index (κ1) is 14.4. The molecule has 0 aliphatic rings. The molecule has 0 bridgehead atoms. The van der Waals surface area contributed by atoms with Crippen molar-refractivity contribution < 1.29 is 4.74 Å². The van der Waals surface area contributed by atoms with E-state index in [0.717, 1.165) is 17.1 Å². The van der Waals surface area contributed by atoms with E-state index < -0.39 is 0 Å². The third-order valence-corrected chi connectivity index (χ3v) is 3.33. The quantitative estimate of drug-likeness (QED) is 0.781. The van der Waals surface area contributed by atoms with Crippen LogP contribution in [0.5, 0.6) is 11.5 Å². The first-order chi connectivity index (χ1) is 9.27. The number of nitrogens with two attached hydrogens (primary N) is 1. The molecule has 0 unspecified atom stereocenters. The second-order valence-corrected chi connectivity index (χ2v) is 6.39. The fourth-order valence-electron chi connectivity index (χ4n) is 2.18. The molecule has 0 aliphatic carbocycles. The van der Waals surface area contributed by atoms with Crippen LogP contribution < -0.4 is 10.5 Å². The van der Waals surface area contributed by atoms with Gasteiger partial charge in [-0.2, -0.15) is 0 Å². The summed E-state index contributed by atoms with van der Waals surface area (Å²) in [4.78, 5) is 0. The van der Waals surface area contributed by atoms with Crippen molar-refractivity contribution in [2.24, 2.45) is 0 Å². The van der Waals surface area contributed by atoms with Gasteiger partial charge in [-0.15, -0.1) is 0 Å². The molecule has 0 aliphatic heterocycles. The third-order valence-electron chi connectivity index (χ3n) is 3.33. The largest absolute Gasteiger partial charge is 0.455 e. The molecule has 2 aromatic carbocycles. The van der Waals surface area contributed by atoms with E-state index in [4.69, 9.17) is 10.5 Å². The Labute approximate surface area is 121 Å². The van der Waals surface area contributed by atoms with E-state index in [2.05, 4.69) is 45.9 Å². The molecule has 0 aromatic heterocycles. The fourth-order valence-corrected chi connectivity index (χ4v) is 2.18. The number of benzene rings is 2. The van der Waals surface area contributed by atoms with Gasteiger partial charge in [0.15, 0.2) is 5.75 Å². The number of hydrogen-bond acceptors (Lipinski definition) is 2. The Kier molecular flexibility index (Phi) is 3.76. The first-order valence-electron chi connectivity index (χ1n) is 6.92. The monoisotopic (exact) mass is 269 g/mol. The summed E-state index contributed by atoms with van der Waals surface area (Å²) in [6.07, 6.45) is 0. The Morgan fingerprint density at radius 1 is 0.850 bits per heavy atom. The van der Waals surface area contributed by atoms with E-state index in [1.807, 2.05) is 25.1 Å². The van der Waals surface area contributed by atoms with Gasteiger partial charge in [0.2, 0.25) is 0 Å². The zero-order chi connectivity index (χ0) is 14.9. The molecule has 106 valence electrons. The summed E-state index contributed by atoms with van der Waals surface area (Å²) in [6, 6.07) is 12.2. The average Bonchev–Trinajstić information content (AvgIpc) is 2.32. The molecule has 0 saturated carbocycles. The zero-order valence-electron chi connectivity index (χ0n) is 12.9. The predicted octanol–water partition coefficient (Wildman–Crippen LogP) is 4.98. The van der Waals surface area contributed by atoms with Crippen LogP contribution in [0.25, 0.3) is 0 Å². The minimum Gasteiger partial charge on any atom is -0.455 e. The van der Waals surface area contributed by atoms with Gasteiger partial charge in [-0.05, 0) is 48.6 Å². The minimum absolute atomic E-state index is 0.0294. The van der Waals surface area contributed by atoms with Crippen LogP contribution in [-0.4, -0.2) is 0 Å². The lowest BCUT2D eigenvalue weighted by Gasteiger charge is -2.23. The van der Waals surface area contributed by atoms with Crippen LogP contribution in [0.1, 0.15) is 37.5 Å². The smallest absolute Gasteiger partial charge is 0.150 e. The van der Waals surface area contributed by atoms with Gasteiger partial charge >= 0.3 is 0 Å². The lowest BCUT2D eigenvalue weighted by atomic mass is 9.86. The maximum atomic E-state index is 6.10. The van der Waals surface area contributed by atoms with Gasteiger partial charge in [0, 0.05) is 5.56 Å². The first-order valence-corrected chi connectivity index (χ1v) is 6.92. The van der Waals surface area contributed by atoms with Crippen LogP contribution in [-0.2, 0) is 5.41 Å². The second kappa shape index (κ2) is 5.20. The van der Waals surface area contributed by atoms with Crippen LogP contribution in [0.3, 0.4) is 0 Å². The minimum atomic E-state index is 0.0294. The highest BCUT2D eigenvalue weighted by Crippen LogP contribution is 2.36. The van der Waals surface area contributed by atoms with Gasteiger partial charge in [-0.25, -0.2) is 0 Å². The summed E-state index contributed by atoms with van der Waals surface area (Å²) in [7, 11) is 0. The zero-order valence-corrected chi connectivity index (χ0v) is 12.9. The van der Waals surface area contributed by atoms with Gasteiger partial charge in [0.1, 0.15) is 5.75 Å². The maximum Gasteiger partial charge on any atom is 0.150 e. The molecule has 0 fully saturated rings. The van der Waals surface area contributed by atoms with E-state index in [1.54, 1.807) is 0 Å². The van der Waals surface area contributed by atoms with Gasteiger partial charge in [0.25, 0.3) is 0 Å². The topological polar surface area (TPSA) is 35.2 Å². The highest BCUT2D eigenvalue weighted by molar-refractivity contribution is 5.56. The fraction of sp³-hybridized carbons (Fsp3) is 0.333. The van der Waals surface area contributed by atoms with E-state index in [9.17, 15) is 0 Å². The molecule has 0 amide bonds. The Balaban J connectivity index is 2.47. The molecule has 2 heteroatoms. The number of anilines is 1. The molecular formula is C18H23NO. The number of rotatable bonds is 2. The van der Waals surface area contributed by atoms with Crippen molar-refractivity contribution in [1.82, 2.24) is 0 Å². The summed E-state index contributed by atoms with van der Waals surface area (Å²) in [5, 5.41) is 0. The van der Waals surface area contributed by atoms with Crippen molar-refractivity contribution in [2.75, 3.05) is 5.73 Å². The average molecular weight is 269 g/mol. The van der Waals surface area contributed by atoms with Gasteiger partial charge in [-0.1, -0.05) is 39.0 Å². The molecule has 2 rings (SSSR count). The SMILES string of the molecule is Cc1ccc(N)c(Oc2cc(C)ccc2C(C)(C)C)c1. The van der Waals surface area contributed by atoms with Gasteiger partial charge in [-0.3, -0.25) is 0 Å². The number of aryl methyl sites for hydroxylation is 2. The highest BCUT2D eigenvalue weighted by atomic mass is 16.5. The van der Waals surface area contributed by atoms with Crippen molar-refractivity contribution in [3.05, 3.63) is 53.1 Å². The van der Waals surface area contributed by atoms with Crippen LogP contribution in [0.15, 0.2) is 36.4 Å². The Bertz CT molecular complexity index is 624. The molecule has 2 aromatic rings. The van der Waals surface area contributed by atoms with Crippen molar-refractivity contribution in [3.63, 3.8) is 0 Å². The molecule has 0 spiro atoms. The third kappa shape index (κ3) is 3.13. The second-order valence-electron chi connectivity index (χ2n) is 6.39. The highest BCUT2D eigenvalue weighted by Gasteiger charge is 2.19.